The first kappa shape index (κ1) is 11.6. The first-order valence-corrected chi connectivity index (χ1v) is 5.23. The van der Waals surface area contributed by atoms with E-state index in [9.17, 15) is 4.79 Å². The lowest BCUT2D eigenvalue weighted by Gasteiger charge is -2.28. The molecule has 1 N–H and O–H groups in total. The molecule has 6 heteroatoms. The van der Waals surface area contributed by atoms with Gasteiger partial charge < -0.3 is 14.3 Å². The van der Waals surface area contributed by atoms with Crippen LogP contribution in [0.4, 0.5) is 0 Å². The van der Waals surface area contributed by atoms with Crippen molar-refractivity contribution in [2.45, 2.75) is 12.6 Å². The summed E-state index contributed by atoms with van der Waals surface area (Å²) in [5.74, 6) is -0.419. The van der Waals surface area contributed by atoms with E-state index in [0.29, 0.717) is 32.0 Å². The Labute approximate surface area is 98.0 Å². The van der Waals surface area contributed by atoms with E-state index in [1.807, 2.05) is 4.90 Å². The Morgan fingerprint density at radius 3 is 3.18 bits per heavy atom. The van der Waals surface area contributed by atoms with Crippen LogP contribution in [0.5, 0.6) is 0 Å². The molecule has 2 rings (SSSR count). The smallest absolute Gasteiger partial charge is 0.338 e. The van der Waals surface area contributed by atoms with Crippen molar-refractivity contribution in [1.82, 2.24) is 4.90 Å². The predicted octanol–water partition coefficient (Wildman–Crippen LogP) is 0.702. The van der Waals surface area contributed by atoms with Gasteiger partial charge in [0.15, 0.2) is 6.10 Å². The Morgan fingerprint density at radius 2 is 2.53 bits per heavy atom. The van der Waals surface area contributed by atoms with Gasteiger partial charge in [-0.1, -0.05) is 0 Å². The van der Waals surface area contributed by atoms with Gasteiger partial charge in [0.2, 0.25) is 0 Å². The molecule has 0 amide bonds. The highest BCUT2D eigenvalue weighted by Gasteiger charge is 2.21. The summed E-state index contributed by atoms with van der Waals surface area (Å²) in [7, 11) is 0. The lowest BCUT2D eigenvalue weighted by molar-refractivity contribution is -0.00486. The molecule has 1 aliphatic heterocycles. The molecule has 0 saturated carbocycles. The van der Waals surface area contributed by atoms with Crippen LogP contribution in [0.3, 0.4) is 0 Å². The topological polar surface area (TPSA) is 86.7 Å². The number of furan rings is 1. The van der Waals surface area contributed by atoms with Crippen LogP contribution in [-0.4, -0.2) is 41.8 Å². The Balaban J connectivity index is 1.96. The summed E-state index contributed by atoms with van der Waals surface area (Å²) in [6, 6.07) is 3.55. The molecule has 0 spiro atoms. The van der Waals surface area contributed by atoms with E-state index < -0.39 is 12.1 Å². The molecule has 1 saturated heterocycles. The van der Waals surface area contributed by atoms with Gasteiger partial charge in [-0.15, -0.1) is 0 Å². The molecule has 0 aliphatic carbocycles. The molecule has 2 heterocycles. The van der Waals surface area contributed by atoms with Crippen LogP contribution in [0.15, 0.2) is 16.7 Å². The Morgan fingerprint density at radius 1 is 1.71 bits per heavy atom. The number of nitrogens with zero attached hydrogens (tertiary/aromatic N) is 2. The van der Waals surface area contributed by atoms with E-state index in [1.54, 1.807) is 0 Å². The van der Waals surface area contributed by atoms with Gasteiger partial charge in [-0.3, -0.25) is 4.90 Å². The molecule has 1 aromatic heterocycles. The molecule has 6 nitrogen and oxygen atoms in total. The van der Waals surface area contributed by atoms with E-state index >= 15 is 0 Å². The number of carbonyl (C=O) groups is 1. The first-order chi connectivity index (χ1) is 8.19. The van der Waals surface area contributed by atoms with E-state index in [0.717, 1.165) is 0 Å². The van der Waals surface area contributed by atoms with E-state index in [-0.39, 0.29) is 5.56 Å². The predicted molar refractivity (Wildman–Crippen MR) is 56.3 cm³/mol. The molecule has 1 aliphatic rings. The monoisotopic (exact) mass is 236 g/mol. The lowest BCUT2D eigenvalue weighted by atomic mass is 10.2. The zero-order chi connectivity index (χ0) is 12.3. The van der Waals surface area contributed by atoms with Crippen molar-refractivity contribution in [3.63, 3.8) is 0 Å². The van der Waals surface area contributed by atoms with Crippen LogP contribution in [0.25, 0.3) is 0 Å². The highest BCUT2D eigenvalue weighted by atomic mass is 16.5. The van der Waals surface area contributed by atoms with Crippen molar-refractivity contribution in [2.75, 3.05) is 19.7 Å². The number of nitriles is 1. The van der Waals surface area contributed by atoms with Gasteiger partial charge in [-0.2, -0.15) is 5.26 Å². The largest absolute Gasteiger partial charge is 0.478 e. The lowest BCUT2D eigenvalue weighted by Crippen LogP contribution is -2.41. The SMILES string of the molecule is N#CC1CN(Cc2cc(C(=O)O)co2)CCO1. The third kappa shape index (κ3) is 2.84. The average molecular weight is 236 g/mol. The van der Waals surface area contributed by atoms with Crippen LogP contribution in [-0.2, 0) is 11.3 Å². The summed E-state index contributed by atoms with van der Waals surface area (Å²) < 4.78 is 10.4. The average Bonchev–Trinajstić information content (AvgIpc) is 2.78. The second-order valence-corrected chi connectivity index (χ2v) is 3.83. The zero-order valence-electron chi connectivity index (χ0n) is 9.13. The van der Waals surface area contributed by atoms with E-state index in [2.05, 4.69) is 6.07 Å². The second kappa shape index (κ2) is 4.99. The van der Waals surface area contributed by atoms with Gasteiger partial charge in [0.1, 0.15) is 12.0 Å². The van der Waals surface area contributed by atoms with Gasteiger partial charge in [0.25, 0.3) is 0 Å². The number of morpholine rings is 1. The third-order valence-corrected chi connectivity index (χ3v) is 2.57. The molecule has 0 radical (unpaired) electrons. The zero-order valence-corrected chi connectivity index (χ0v) is 9.13. The number of hydrogen-bond donors (Lipinski definition) is 1. The van der Waals surface area contributed by atoms with Crippen molar-refractivity contribution in [2.24, 2.45) is 0 Å². The summed E-state index contributed by atoms with van der Waals surface area (Å²) >= 11 is 0. The summed E-state index contributed by atoms with van der Waals surface area (Å²) in [6.45, 7) is 2.22. The third-order valence-electron chi connectivity index (χ3n) is 2.57. The fourth-order valence-electron chi connectivity index (χ4n) is 1.72. The minimum atomic E-state index is -1.00. The summed E-state index contributed by atoms with van der Waals surface area (Å²) in [5, 5.41) is 17.5. The van der Waals surface area contributed by atoms with Crippen molar-refractivity contribution in [3.8, 4) is 6.07 Å². The maximum absolute atomic E-state index is 10.7. The van der Waals surface area contributed by atoms with Crippen molar-refractivity contribution in [1.29, 1.82) is 5.26 Å². The number of carboxylic acids is 1. The normalized spacial score (nSPS) is 21.0. The van der Waals surface area contributed by atoms with Gasteiger partial charge in [-0.05, 0) is 6.07 Å². The molecule has 1 aromatic rings. The van der Waals surface area contributed by atoms with Crippen LogP contribution in [0.2, 0.25) is 0 Å². The first-order valence-electron chi connectivity index (χ1n) is 5.23. The van der Waals surface area contributed by atoms with Crippen molar-refractivity contribution >= 4 is 5.97 Å². The number of ether oxygens (including phenoxy) is 1. The van der Waals surface area contributed by atoms with E-state index in [4.69, 9.17) is 19.5 Å². The Kier molecular flexibility index (Phi) is 3.42. The molecule has 1 unspecified atom stereocenters. The highest BCUT2D eigenvalue weighted by molar-refractivity contribution is 5.87. The maximum atomic E-state index is 10.7. The molecular formula is C11H12N2O4. The minimum Gasteiger partial charge on any atom is -0.478 e. The molecule has 1 atom stereocenters. The molecule has 0 aromatic carbocycles. The molecule has 90 valence electrons. The summed E-state index contributed by atoms with van der Waals surface area (Å²) in [6.07, 6.45) is 0.803. The van der Waals surface area contributed by atoms with Crippen LogP contribution < -0.4 is 0 Å². The van der Waals surface area contributed by atoms with Crippen molar-refractivity contribution in [3.05, 3.63) is 23.7 Å². The maximum Gasteiger partial charge on any atom is 0.338 e. The van der Waals surface area contributed by atoms with Gasteiger partial charge in [0.05, 0.1) is 24.8 Å². The highest BCUT2D eigenvalue weighted by Crippen LogP contribution is 2.13. The number of aromatic carboxylic acids is 1. The van der Waals surface area contributed by atoms with Gasteiger partial charge in [-0.25, -0.2) is 4.79 Å². The standard InChI is InChI=1S/C11H12N2O4/c12-4-10-6-13(1-2-16-10)5-9-3-8(7-17-9)11(14)15/h3,7,10H,1-2,5-6H2,(H,14,15). The van der Waals surface area contributed by atoms with Crippen LogP contribution >= 0.6 is 0 Å². The minimum absolute atomic E-state index is 0.144. The summed E-state index contributed by atoms with van der Waals surface area (Å²) in [4.78, 5) is 12.7. The molecule has 0 bridgehead atoms. The number of hydrogen-bond acceptors (Lipinski definition) is 5. The second-order valence-electron chi connectivity index (χ2n) is 3.83. The van der Waals surface area contributed by atoms with Crippen LogP contribution in [0, 0.1) is 11.3 Å². The number of carboxylic acid groups (broad SMARTS) is 1. The molecular weight excluding hydrogens is 224 g/mol. The van der Waals surface area contributed by atoms with Gasteiger partial charge >= 0.3 is 5.97 Å². The number of rotatable bonds is 3. The Hall–Kier alpha value is -1.84. The fourth-order valence-corrected chi connectivity index (χ4v) is 1.72. The van der Waals surface area contributed by atoms with Crippen LogP contribution in [0.1, 0.15) is 16.1 Å². The van der Waals surface area contributed by atoms with E-state index in [1.165, 1.54) is 12.3 Å². The Bertz CT molecular complexity index is 449. The molecule has 17 heavy (non-hydrogen) atoms. The van der Waals surface area contributed by atoms with Gasteiger partial charge in [0, 0.05) is 13.1 Å². The quantitative estimate of drug-likeness (QED) is 0.831. The van der Waals surface area contributed by atoms with Crippen molar-refractivity contribution < 1.29 is 19.1 Å². The molecule has 1 fully saturated rings. The summed E-state index contributed by atoms with van der Waals surface area (Å²) in [5.41, 5.74) is 0.144. The fraction of sp³-hybridized carbons (Fsp3) is 0.455.